The summed E-state index contributed by atoms with van der Waals surface area (Å²) in [6.07, 6.45) is 6.32. The molecule has 2 aliphatic carbocycles. The summed E-state index contributed by atoms with van der Waals surface area (Å²) in [5, 5.41) is 3.41. The largest absolute Gasteiger partial charge is 0.522 e. The number of hydrogen-bond acceptors (Lipinski definition) is 4. The smallest absolute Gasteiger partial charge is 0.337 e. The number of hydrogen-bond donors (Lipinski definition) is 1. The van der Waals surface area contributed by atoms with Gasteiger partial charge in [0.15, 0.2) is 0 Å². The summed E-state index contributed by atoms with van der Waals surface area (Å²) in [4.78, 5) is 18.5. The fourth-order valence-electron chi connectivity index (χ4n) is 8.41. The molecule has 2 aliphatic heterocycles. The van der Waals surface area contributed by atoms with Crippen LogP contribution in [0.15, 0.2) is 0 Å². The summed E-state index contributed by atoms with van der Waals surface area (Å²) in [7, 11) is 0. The van der Waals surface area contributed by atoms with Crippen LogP contribution < -0.4 is 5.32 Å². The Morgan fingerprint density at radius 3 is 2.23 bits per heavy atom. The van der Waals surface area contributed by atoms with E-state index in [9.17, 15) is 18.0 Å². The molecule has 4 fully saturated rings. The Balaban J connectivity index is 1.51. The number of nitrogens with zero attached hydrogens (tertiary/aromatic N) is 2. The van der Waals surface area contributed by atoms with E-state index < -0.39 is 12.5 Å². The fraction of sp³-hybridized carbons (Fsp3) is 0.968. The van der Waals surface area contributed by atoms with E-state index in [2.05, 4.69) is 47.5 Å². The topological polar surface area (TPSA) is 44.8 Å². The summed E-state index contributed by atoms with van der Waals surface area (Å²) >= 11 is 0. The van der Waals surface area contributed by atoms with Crippen LogP contribution in [-0.4, -0.2) is 73.0 Å². The SMILES string of the molecule is CCC1CCCCC1C(C1CCC(OC(F)(F)F)CC1)N1CCN(C(=O)CC2CCNCC2)[C@@H](C(C)(C)C)C1. The number of ether oxygens (including phenoxy) is 1. The van der Waals surface area contributed by atoms with E-state index in [1.165, 1.54) is 32.1 Å². The van der Waals surface area contributed by atoms with Crippen molar-refractivity contribution in [1.29, 1.82) is 0 Å². The highest BCUT2D eigenvalue weighted by Crippen LogP contribution is 2.44. The third-order valence-corrected chi connectivity index (χ3v) is 10.5. The number of amides is 1. The van der Waals surface area contributed by atoms with Crippen molar-refractivity contribution in [2.24, 2.45) is 29.1 Å². The van der Waals surface area contributed by atoms with E-state index >= 15 is 0 Å². The van der Waals surface area contributed by atoms with E-state index in [1.54, 1.807) is 0 Å². The zero-order valence-electron chi connectivity index (χ0n) is 24.9. The molecule has 2 saturated carbocycles. The molecule has 0 radical (unpaired) electrons. The van der Waals surface area contributed by atoms with E-state index in [0.29, 0.717) is 54.9 Å². The highest BCUT2D eigenvalue weighted by molar-refractivity contribution is 5.77. The van der Waals surface area contributed by atoms with Gasteiger partial charge in [-0.1, -0.05) is 53.4 Å². The van der Waals surface area contributed by atoms with Crippen LogP contribution in [0.25, 0.3) is 0 Å². The molecule has 0 aromatic rings. The van der Waals surface area contributed by atoms with Crippen LogP contribution in [0.1, 0.15) is 105 Å². The molecule has 4 rings (SSSR count). The summed E-state index contributed by atoms with van der Waals surface area (Å²) in [6, 6.07) is 0.533. The summed E-state index contributed by atoms with van der Waals surface area (Å²) in [6.45, 7) is 13.6. The third kappa shape index (κ3) is 8.34. The maximum atomic E-state index is 13.6. The van der Waals surface area contributed by atoms with E-state index in [0.717, 1.165) is 58.4 Å². The van der Waals surface area contributed by atoms with Crippen LogP contribution in [-0.2, 0) is 9.53 Å². The molecule has 2 heterocycles. The van der Waals surface area contributed by atoms with Gasteiger partial charge in [-0.25, -0.2) is 0 Å². The number of rotatable bonds is 7. The normalized spacial score (nSPS) is 33.2. The minimum Gasteiger partial charge on any atom is -0.337 e. The lowest BCUT2D eigenvalue weighted by Gasteiger charge is -2.54. The van der Waals surface area contributed by atoms with Crippen LogP contribution in [0.4, 0.5) is 13.2 Å². The molecule has 1 amide bonds. The molecule has 1 N–H and O–H groups in total. The number of piperazine rings is 1. The first-order chi connectivity index (χ1) is 18.5. The van der Waals surface area contributed by atoms with Crippen molar-refractivity contribution >= 4 is 5.91 Å². The lowest BCUT2D eigenvalue weighted by Crippen LogP contribution is -2.64. The van der Waals surface area contributed by atoms with Gasteiger partial charge in [-0.2, -0.15) is 0 Å². The van der Waals surface area contributed by atoms with Crippen molar-refractivity contribution in [2.45, 2.75) is 129 Å². The zero-order chi connectivity index (χ0) is 28.2. The molecule has 0 spiro atoms. The lowest BCUT2D eigenvalue weighted by atomic mass is 9.67. The number of carbonyl (C=O) groups is 1. The predicted octanol–water partition coefficient (Wildman–Crippen LogP) is 6.62. The van der Waals surface area contributed by atoms with Crippen LogP contribution in [0.2, 0.25) is 0 Å². The minimum absolute atomic E-state index is 0.0398. The number of alkyl halides is 3. The van der Waals surface area contributed by atoms with E-state index in [-0.39, 0.29) is 11.5 Å². The Labute approximate surface area is 235 Å². The Morgan fingerprint density at radius 1 is 0.949 bits per heavy atom. The van der Waals surface area contributed by atoms with Gasteiger partial charge in [0, 0.05) is 38.1 Å². The van der Waals surface area contributed by atoms with Crippen molar-refractivity contribution in [3.05, 3.63) is 0 Å². The lowest BCUT2D eigenvalue weighted by molar-refractivity contribution is -0.346. The van der Waals surface area contributed by atoms with Gasteiger partial charge in [0.1, 0.15) is 0 Å². The van der Waals surface area contributed by atoms with Crippen LogP contribution in [0, 0.1) is 29.1 Å². The van der Waals surface area contributed by atoms with Crippen molar-refractivity contribution in [1.82, 2.24) is 15.1 Å². The van der Waals surface area contributed by atoms with Crippen LogP contribution in [0.5, 0.6) is 0 Å². The van der Waals surface area contributed by atoms with E-state index in [4.69, 9.17) is 0 Å². The summed E-state index contributed by atoms with van der Waals surface area (Å²) in [5.41, 5.74) is -0.0398. The second kappa shape index (κ2) is 13.4. The van der Waals surface area contributed by atoms with Crippen molar-refractivity contribution in [3.8, 4) is 0 Å². The average Bonchev–Trinajstić information content (AvgIpc) is 2.89. The molecule has 226 valence electrons. The van der Waals surface area contributed by atoms with Gasteiger partial charge in [0.05, 0.1) is 6.10 Å². The van der Waals surface area contributed by atoms with Crippen LogP contribution in [0.3, 0.4) is 0 Å². The monoisotopic (exact) mass is 557 g/mol. The number of carbonyl (C=O) groups excluding carboxylic acids is 1. The van der Waals surface area contributed by atoms with Gasteiger partial charge in [-0.05, 0) is 87.1 Å². The maximum Gasteiger partial charge on any atom is 0.522 e. The molecule has 4 aliphatic rings. The van der Waals surface area contributed by atoms with Gasteiger partial charge in [-0.3, -0.25) is 14.4 Å². The second-order valence-corrected chi connectivity index (χ2v) is 14.1. The first-order valence-corrected chi connectivity index (χ1v) is 15.9. The average molecular weight is 558 g/mol. The summed E-state index contributed by atoms with van der Waals surface area (Å²) in [5.74, 6) is 2.46. The Morgan fingerprint density at radius 2 is 1.62 bits per heavy atom. The fourth-order valence-corrected chi connectivity index (χ4v) is 8.41. The molecule has 8 heteroatoms. The molecule has 0 bridgehead atoms. The molecule has 0 aromatic heterocycles. The molecular weight excluding hydrogens is 503 g/mol. The first kappa shape index (κ1) is 31.1. The first-order valence-electron chi connectivity index (χ1n) is 15.9. The Kier molecular flexibility index (Phi) is 10.7. The third-order valence-electron chi connectivity index (χ3n) is 10.5. The molecule has 2 saturated heterocycles. The Bertz CT molecular complexity index is 772. The predicted molar refractivity (Wildman–Crippen MR) is 149 cm³/mol. The summed E-state index contributed by atoms with van der Waals surface area (Å²) < 4.78 is 43.2. The van der Waals surface area contributed by atoms with Crippen molar-refractivity contribution in [2.75, 3.05) is 32.7 Å². The van der Waals surface area contributed by atoms with Gasteiger partial charge in [-0.15, -0.1) is 13.2 Å². The van der Waals surface area contributed by atoms with Gasteiger partial charge >= 0.3 is 6.36 Å². The van der Waals surface area contributed by atoms with Gasteiger partial charge in [0.2, 0.25) is 5.91 Å². The van der Waals surface area contributed by atoms with Crippen molar-refractivity contribution in [3.63, 3.8) is 0 Å². The number of halogens is 3. The molecule has 3 unspecified atom stereocenters. The molecule has 0 aromatic carbocycles. The highest BCUT2D eigenvalue weighted by atomic mass is 19.4. The molecule has 4 atom stereocenters. The number of piperidine rings is 1. The molecule has 39 heavy (non-hydrogen) atoms. The Hall–Kier alpha value is -0.860. The highest BCUT2D eigenvalue weighted by Gasteiger charge is 2.46. The molecule has 5 nitrogen and oxygen atoms in total. The van der Waals surface area contributed by atoms with Gasteiger partial charge in [0.25, 0.3) is 0 Å². The minimum atomic E-state index is -4.55. The quantitative estimate of drug-likeness (QED) is 0.382. The zero-order valence-corrected chi connectivity index (χ0v) is 24.9. The van der Waals surface area contributed by atoms with E-state index in [1.807, 2.05) is 0 Å². The van der Waals surface area contributed by atoms with Crippen LogP contribution >= 0.6 is 0 Å². The second-order valence-electron chi connectivity index (χ2n) is 14.1. The molecular formula is C31H54F3N3O2. The standard InChI is InChI=1S/C31H54F3N3O2/c1-5-23-8-6-7-9-26(23)29(24-10-12-25(13-11-24)39-31(32,33)34)36-18-19-37(27(21-36)30(2,3)4)28(38)20-22-14-16-35-17-15-22/h22-27,29,35H,5-21H2,1-4H3/t23?,24?,25?,26?,27-,29?/m1/s1. The van der Waals surface area contributed by atoms with Gasteiger partial charge < -0.3 is 10.2 Å². The number of nitrogens with one attached hydrogen (secondary N) is 1. The maximum absolute atomic E-state index is 13.6. The van der Waals surface area contributed by atoms with Crippen molar-refractivity contribution < 1.29 is 22.7 Å².